The Morgan fingerprint density at radius 2 is 1.86 bits per heavy atom. The number of benzene rings is 1. The predicted octanol–water partition coefficient (Wildman–Crippen LogP) is 2.85. The number of aromatic nitrogens is 5. The molecule has 0 saturated heterocycles. The van der Waals surface area contributed by atoms with Crippen molar-refractivity contribution in [3.63, 3.8) is 0 Å². The molecule has 102 valence electrons. The Bertz CT molecular complexity index is 965. The lowest BCUT2D eigenvalue weighted by atomic mass is 10.2. The number of nitrogens with zero attached hydrogens (tertiary/aromatic N) is 4. The predicted molar refractivity (Wildman–Crippen MR) is 72.3 cm³/mol. The third-order valence-electron chi connectivity index (χ3n) is 3.15. The van der Waals surface area contributed by atoms with Gasteiger partial charge in [0.25, 0.3) is 0 Å². The molecule has 21 heavy (non-hydrogen) atoms. The van der Waals surface area contributed by atoms with Gasteiger partial charge < -0.3 is 4.98 Å². The molecule has 0 bridgehead atoms. The molecule has 0 aliphatic carbocycles. The van der Waals surface area contributed by atoms with Crippen LogP contribution in [0.5, 0.6) is 0 Å². The second kappa shape index (κ2) is 4.27. The average Bonchev–Trinajstić information content (AvgIpc) is 2.85. The first-order valence-corrected chi connectivity index (χ1v) is 6.15. The van der Waals surface area contributed by atoms with Gasteiger partial charge in [0.2, 0.25) is 5.82 Å². The van der Waals surface area contributed by atoms with Crippen molar-refractivity contribution in [2.75, 3.05) is 0 Å². The van der Waals surface area contributed by atoms with E-state index < -0.39 is 11.6 Å². The molecule has 5 nitrogen and oxygen atoms in total. The fraction of sp³-hybridized carbons (Fsp3) is 0. The smallest absolute Gasteiger partial charge is 0.202 e. The van der Waals surface area contributed by atoms with Crippen LogP contribution >= 0.6 is 0 Å². The van der Waals surface area contributed by atoms with Gasteiger partial charge in [0, 0.05) is 17.6 Å². The van der Waals surface area contributed by atoms with Crippen LogP contribution in [0.25, 0.3) is 33.6 Å². The highest BCUT2D eigenvalue weighted by Crippen LogP contribution is 2.25. The number of halogens is 2. The van der Waals surface area contributed by atoms with Gasteiger partial charge in [0.15, 0.2) is 17.3 Å². The van der Waals surface area contributed by atoms with Gasteiger partial charge in [-0.05, 0) is 18.2 Å². The van der Waals surface area contributed by atoms with Crippen molar-refractivity contribution in [3.8, 4) is 11.5 Å². The molecule has 0 aliphatic rings. The highest BCUT2D eigenvalue weighted by molar-refractivity contribution is 6.03. The minimum atomic E-state index is -0.931. The Morgan fingerprint density at radius 1 is 1.00 bits per heavy atom. The van der Waals surface area contributed by atoms with Gasteiger partial charge in [-0.25, -0.2) is 13.8 Å². The zero-order valence-corrected chi connectivity index (χ0v) is 10.5. The summed E-state index contributed by atoms with van der Waals surface area (Å²) in [4.78, 5) is 11.4. The summed E-state index contributed by atoms with van der Waals surface area (Å²) in [6.45, 7) is 0. The summed E-state index contributed by atoms with van der Waals surface area (Å²) in [5.74, 6) is -1.51. The van der Waals surface area contributed by atoms with E-state index >= 15 is 0 Å². The van der Waals surface area contributed by atoms with E-state index in [4.69, 9.17) is 0 Å². The standard InChI is InChI=1S/C14H7F2N5/c15-8-5-7-11(6-9(8)16)18-14-12(7)20-21-13(19-14)10-3-1-2-4-17-10/h1-6H,(H,18,19,21). The topological polar surface area (TPSA) is 67.3 Å². The second-order valence-electron chi connectivity index (χ2n) is 4.48. The summed E-state index contributed by atoms with van der Waals surface area (Å²) in [6, 6.07) is 7.51. The molecule has 4 rings (SSSR count). The van der Waals surface area contributed by atoms with Crippen molar-refractivity contribution >= 4 is 22.1 Å². The van der Waals surface area contributed by atoms with Gasteiger partial charge in [-0.3, -0.25) is 4.98 Å². The van der Waals surface area contributed by atoms with Crippen LogP contribution in [0, 0.1) is 11.6 Å². The van der Waals surface area contributed by atoms with Crippen LogP contribution in [0.4, 0.5) is 8.78 Å². The molecule has 1 aromatic carbocycles. The summed E-state index contributed by atoms with van der Waals surface area (Å²) >= 11 is 0. The molecule has 0 amide bonds. The van der Waals surface area contributed by atoms with E-state index in [2.05, 4.69) is 25.1 Å². The number of aromatic amines is 1. The number of nitrogens with one attached hydrogen (secondary N) is 1. The largest absolute Gasteiger partial charge is 0.338 e. The van der Waals surface area contributed by atoms with E-state index in [0.717, 1.165) is 12.1 Å². The van der Waals surface area contributed by atoms with Crippen molar-refractivity contribution in [1.82, 2.24) is 25.1 Å². The normalized spacial score (nSPS) is 11.3. The van der Waals surface area contributed by atoms with E-state index in [1.54, 1.807) is 18.3 Å². The number of rotatable bonds is 1. The Balaban J connectivity index is 1.99. The van der Waals surface area contributed by atoms with E-state index in [9.17, 15) is 8.78 Å². The molecular formula is C14H7F2N5. The van der Waals surface area contributed by atoms with Crippen molar-refractivity contribution in [1.29, 1.82) is 0 Å². The van der Waals surface area contributed by atoms with Crippen molar-refractivity contribution < 1.29 is 8.78 Å². The fourth-order valence-electron chi connectivity index (χ4n) is 2.17. The summed E-state index contributed by atoms with van der Waals surface area (Å²) in [5.41, 5.74) is 1.79. The highest BCUT2D eigenvalue weighted by Gasteiger charge is 2.13. The summed E-state index contributed by atoms with van der Waals surface area (Å²) in [7, 11) is 0. The first-order chi connectivity index (χ1) is 10.2. The van der Waals surface area contributed by atoms with E-state index in [0.29, 0.717) is 33.6 Å². The quantitative estimate of drug-likeness (QED) is 0.583. The molecule has 0 unspecified atom stereocenters. The Kier molecular flexibility index (Phi) is 2.41. The lowest BCUT2D eigenvalue weighted by Crippen LogP contribution is -1.94. The van der Waals surface area contributed by atoms with Crippen LogP contribution < -0.4 is 0 Å². The Hall–Kier alpha value is -2.96. The number of pyridine rings is 1. The third-order valence-corrected chi connectivity index (χ3v) is 3.15. The molecule has 0 saturated carbocycles. The van der Waals surface area contributed by atoms with E-state index in [-0.39, 0.29) is 0 Å². The zero-order chi connectivity index (χ0) is 14.4. The maximum atomic E-state index is 13.3. The zero-order valence-electron chi connectivity index (χ0n) is 10.5. The van der Waals surface area contributed by atoms with Gasteiger partial charge in [0.1, 0.15) is 11.2 Å². The molecule has 0 radical (unpaired) electrons. The lowest BCUT2D eigenvalue weighted by molar-refractivity contribution is 0.511. The summed E-state index contributed by atoms with van der Waals surface area (Å²) < 4.78 is 26.6. The molecule has 0 aliphatic heterocycles. The first-order valence-electron chi connectivity index (χ1n) is 6.15. The van der Waals surface area contributed by atoms with Crippen LogP contribution in [0.2, 0.25) is 0 Å². The fourth-order valence-corrected chi connectivity index (χ4v) is 2.17. The molecule has 7 heteroatoms. The average molecular weight is 283 g/mol. The molecule has 3 aromatic heterocycles. The molecular weight excluding hydrogens is 276 g/mol. The third kappa shape index (κ3) is 1.82. The summed E-state index contributed by atoms with van der Waals surface area (Å²) in [6.07, 6.45) is 1.62. The highest BCUT2D eigenvalue weighted by atomic mass is 19.2. The molecule has 1 N–H and O–H groups in total. The van der Waals surface area contributed by atoms with Crippen LogP contribution in [0.15, 0.2) is 36.5 Å². The van der Waals surface area contributed by atoms with Crippen LogP contribution in [0.1, 0.15) is 0 Å². The number of fused-ring (bicyclic) bond motifs is 3. The van der Waals surface area contributed by atoms with Crippen molar-refractivity contribution in [2.45, 2.75) is 0 Å². The second-order valence-corrected chi connectivity index (χ2v) is 4.48. The van der Waals surface area contributed by atoms with Crippen molar-refractivity contribution in [2.24, 2.45) is 0 Å². The first kappa shape index (κ1) is 11.8. The number of hydrogen-bond acceptors (Lipinski definition) is 4. The van der Waals surface area contributed by atoms with Gasteiger partial charge in [-0.1, -0.05) is 6.07 Å². The van der Waals surface area contributed by atoms with Crippen LogP contribution in [-0.2, 0) is 0 Å². The molecule has 0 atom stereocenters. The number of H-pyrrole nitrogens is 1. The minimum Gasteiger partial charge on any atom is -0.338 e. The minimum absolute atomic E-state index is 0.343. The monoisotopic (exact) mass is 283 g/mol. The van der Waals surface area contributed by atoms with E-state index in [1.165, 1.54) is 0 Å². The van der Waals surface area contributed by atoms with Gasteiger partial charge in [-0.2, -0.15) is 0 Å². The molecule has 3 heterocycles. The van der Waals surface area contributed by atoms with Gasteiger partial charge in [0.05, 0.1) is 5.52 Å². The van der Waals surface area contributed by atoms with Crippen LogP contribution in [-0.4, -0.2) is 25.1 Å². The Labute approximate surface area is 116 Å². The maximum Gasteiger partial charge on any atom is 0.202 e. The van der Waals surface area contributed by atoms with E-state index in [1.807, 2.05) is 6.07 Å². The van der Waals surface area contributed by atoms with Gasteiger partial charge in [-0.15, -0.1) is 10.2 Å². The molecule has 0 fully saturated rings. The van der Waals surface area contributed by atoms with Gasteiger partial charge >= 0.3 is 0 Å². The lowest BCUT2D eigenvalue weighted by Gasteiger charge is -1.97. The Morgan fingerprint density at radius 3 is 2.67 bits per heavy atom. The van der Waals surface area contributed by atoms with Crippen LogP contribution in [0.3, 0.4) is 0 Å². The molecule has 0 spiro atoms. The maximum absolute atomic E-state index is 13.3. The van der Waals surface area contributed by atoms with Crippen molar-refractivity contribution in [3.05, 3.63) is 48.2 Å². The number of hydrogen-bond donors (Lipinski definition) is 1. The SMILES string of the molecule is Fc1cc2[nH]c3nc(-c4ccccn4)nnc3c2cc1F. The summed E-state index contributed by atoms with van der Waals surface area (Å²) in [5, 5.41) is 8.48. The molecule has 4 aromatic rings.